The fourth-order valence-corrected chi connectivity index (χ4v) is 7.10. The minimum absolute atomic E-state index is 0.123. The quantitative estimate of drug-likeness (QED) is 0.475. The third-order valence-electron chi connectivity index (χ3n) is 4.91. The van der Waals surface area contributed by atoms with Crippen molar-refractivity contribution >= 4 is 69.1 Å². The van der Waals surface area contributed by atoms with Gasteiger partial charge < -0.3 is 16.2 Å². The smallest absolute Gasteiger partial charge is 0.352 e. The summed E-state index contributed by atoms with van der Waals surface area (Å²) >= 11 is 5.00. The van der Waals surface area contributed by atoms with Gasteiger partial charge in [-0.1, -0.05) is 11.8 Å². The number of aryl methyl sites for hydroxylation is 1. The highest BCUT2D eigenvalue weighted by Gasteiger charge is 2.54. The zero-order valence-corrected chi connectivity index (χ0v) is 19.9. The lowest BCUT2D eigenvalue weighted by atomic mass is 10.0. The molecule has 4 rings (SSSR count). The predicted octanol–water partition coefficient (Wildman–Crippen LogP) is 1.83. The van der Waals surface area contributed by atoms with Gasteiger partial charge in [0.15, 0.2) is 5.01 Å². The second-order valence-electron chi connectivity index (χ2n) is 7.04. The van der Waals surface area contributed by atoms with Crippen molar-refractivity contribution in [3.05, 3.63) is 49.7 Å². The molecule has 2 unspecified atom stereocenters. The van der Waals surface area contributed by atoms with Crippen LogP contribution >= 0.6 is 46.2 Å². The Morgan fingerprint density at radius 3 is 2.84 bits per heavy atom. The van der Waals surface area contributed by atoms with Crippen LogP contribution in [0.5, 0.6) is 0 Å². The van der Waals surface area contributed by atoms with Crippen LogP contribution in [0.2, 0.25) is 0 Å². The third-order valence-corrected chi connectivity index (χ3v) is 8.94. The number of rotatable bonds is 7. The lowest BCUT2D eigenvalue weighted by Crippen LogP contribution is -2.71. The fraction of sp³-hybridized carbons (Fsp3) is 0.316. The van der Waals surface area contributed by atoms with Crippen LogP contribution in [0.4, 0.5) is 0 Å². The predicted molar refractivity (Wildman–Crippen MR) is 125 cm³/mol. The zero-order chi connectivity index (χ0) is 23.0. The number of thiophene rings is 1. The molecular weight excluding hydrogens is 493 g/mol. The van der Waals surface area contributed by atoms with E-state index in [1.165, 1.54) is 39.3 Å². The first kappa shape index (κ1) is 23.0. The molecule has 0 spiro atoms. The van der Waals surface area contributed by atoms with Gasteiger partial charge >= 0.3 is 5.97 Å². The first-order chi connectivity index (χ1) is 15.3. The summed E-state index contributed by atoms with van der Waals surface area (Å²) in [5, 5.41) is 15.5. The van der Waals surface area contributed by atoms with E-state index >= 15 is 0 Å². The van der Waals surface area contributed by atoms with Crippen LogP contribution in [0.3, 0.4) is 0 Å². The molecule has 0 saturated carbocycles. The highest BCUT2D eigenvalue weighted by Crippen LogP contribution is 2.41. The van der Waals surface area contributed by atoms with Gasteiger partial charge in [-0.3, -0.25) is 19.3 Å². The third kappa shape index (κ3) is 4.35. The average molecular weight is 511 g/mol. The monoisotopic (exact) mass is 510 g/mol. The Bertz CT molecular complexity index is 1110. The van der Waals surface area contributed by atoms with E-state index in [1.807, 2.05) is 6.92 Å². The van der Waals surface area contributed by atoms with Gasteiger partial charge in [0.1, 0.15) is 23.2 Å². The molecule has 2 amide bonds. The van der Waals surface area contributed by atoms with Crippen molar-refractivity contribution in [2.75, 3.05) is 11.5 Å². The molecule has 32 heavy (non-hydrogen) atoms. The molecule has 0 bridgehead atoms. The summed E-state index contributed by atoms with van der Waals surface area (Å²) in [7, 11) is 0. The van der Waals surface area contributed by atoms with Gasteiger partial charge in [-0.25, -0.2) is 9.78 Å². The lowest BCUT2D eigenvalue weighted by Gasteiger charge is -2.49. The second-order valence-corrected chi connectivity index (χ2v) is 11.1. The largest absolute Gasteiger partial charge is 0.477 e. The van der Waals surface area contributed by atoms with E-state index in [1.54, 1.807) is 23.0 Å². The highest BCUT2D eigenvalue weighted by atomic mass is 32.2. The Kier molecular flexibility index (Phi) is 6.72. The van der Waals surface area contributed by atoms with Crippen molar-refractivity contribution in [2.24, 2.45) is 5.73 Å². The number of carbonyl (C=O) groups is 4. The van der Waals surface area contributed by atoms with Crippen LogP contribution < -0.4 is 11.1 Å². The van der Waals surface area contributed by atoms with Crippen molar-refractivity contribution in [3.63, 3.8) is 0 Å². The van der Waals surface area contributed by atoms with E-state index in [-0.39, 0.29) is 16.6 Å². The number of thiazole rings is 1. The zero-order valence-electron chi connectivity index (χ0n) is 16.6. The number of hydrogen-bond donors (Lipinski definition) is 3. The normalized spacial score (nSPS) is 21.1. The summed E-state index contributed by atoms with van der Waals surface area (Å²) in [5.74, 6) is -1.77. The van der Waals surface area contributed by atoms with Gasteiger partial charge in [0.25, 0.3) is 5.91 Å². The number of β-lactam (4-membered cyclic amide) rings is 1. The van der Waals surface area contributed by atoms with E-state index in [0.717, 1.165) is 16.6 Å². The molecule has 4 heterocycles. The Morgan fingerprint density at radius 1 is 1.44 bits per heavy atom. The van der Waals surface area contributed by atoms with Crippen LogP contribution in [-0.2, 0) is 14.4 Å². The van der Waals surface area contributed by atoms with Crippen LogP contribution in [0.25, 0.3) is 0 Å². The molecule has 4 N–H and O–H groups in total. The summed E-state index contributed by atoms with van der Waals surface area (Å²) in [5.41, 5.74) is 6.97. The Hall–Kier alpha value is -2.19. The first-order valence-electron chi connectivity index (χ1n) is 9.35. The van der Waals surface area contributed by atoms with Crippen molar-refractivity contribution in [1.29, 1.82) is 0 Å². The molecule has 2 aliphatic rings. The fourth-order valence-electron chi connectivity index (χ4n) is 3.30. The van der Waals surface area contributed by atoms with Crippen molar-refractivity contribution in [2.45, 2.75) is 24.4 Å². The van der Waals surface area contributed by atoms with E-state index in [9.17, 15) is 24.3 Å². The van der Waals surface area contributed by atoms with Gasteiger partial charge in [-0.15, -0.1) is 23.1 Å². The standard InChI is InChI=1S/C19H18N4O5S4/c1-8-4-21-15(32-8)19(28)31-7-10-6-30-17-12(16(25)23(17)13(10)18(26)27)22-14(24)11(20)9-2-3-29-5-9/h2-5,11-12,17H,6-7,20H2,1H3,(H,22,24)(H,26,27)/t11?,12?,17-/m1/s1. The Morgan fingerprint density at radius 2 is 2.22 bits per heavy atom. The Labute approximate surface area is 199 Å². The van der Waals surface area contributed by atoms with Gasteiger partial charge in [-0.05, 0) is 34.9 Å². The minimum atomic E-state index is -1.24. The molecule has 0 aliphatic carbocycles. The number of thioether (sulfide) groups is 2. The van der Waals surface area contributed by atoms with Gasteiger partial charge in [0, 0.05) is 22.6 Å². The van der Waals surface area contributed by atoms with E-state index in [4.69, 9.17) is 5.73 Å². The molecule has 9 nitrogen and oxygen atoms in total. The van der Waals surface area contributed by atoms with Gasteiger partial charge in [0.2, 0.25) is 11.0 Å². The number of nitrogens with one attached hydrogen (secondary N) is 1. The topological polar surface area (TPSA) is 143 Å². The number of fused-ring (bicyclic) bond motifs is 1. The number of hydrogen-bond acceptors (Lipinski definition) is 10. The molecule has 2 aliphatic heterocycles. The molecule has 1 fully saturated rings. The SMILES string of the molecule is Cc1cnc(C(=O)SCC2=C(C(=O)O)N3C(=O)C(NC(=O)C(N)c4ccsc4)[C@H]3SC2)s1. The van der Waals surface area contributed by atoms with Gasteiger partial charge in [-0.2, -0.15) is 11.3 Å². The molecule has 2 aromatic rings. The minimum Gasteiger partial charge on any atom is -0.477 e. The van der Waals surface area contributed by atoms with Crippen LogP contribution in [0, 0.1) is 6.92 Å². The summed E-state index contributed by atoms with van der Waals surface area (Å²) in [6, 6.07) is -0.0118. The number of nitrogens with zero attached hydrogens (tertiary/aromatic N) is 2. The van der Waals surface area contributed by atoms with Crippen LogP contribution in [0.15, 0.2) is 34.3 Å². The number of carboxylic acid groups (broad SMARTS) is 1. The molecule has 13 heteroatoms. The van der Waals surface area contributed by atoms with Gasteiger partial charge in [0.05, 0.1) is 0 Å². The highest BCUT2D eigenvalue weighted by molar-refractivity contribution is 8.14. The number of aromatic nitrogens is 1. The van der Waals surface area contributed by atoms with Crippen molar-refractivity contribution in [1.82, 2.24) is 15.2 Å². The molecule has 3 atom stereocenters. The van der Waals surface area contributed by atoms with Crippen molar-refractivity contribution in [3.8, 4) is 0 Å². The first-order valence-corrected chi connectivity index (χ1v) is 13.1. The summed E-state index contributed by atoms with van der Waals surface area (Å²) in [4.78, 5) is 55.6. The number of aliphatic carboxylic acids is 1. The molecule has 1 saturated heterocycles. The van der Waals surface area contributed by atoms with E-state index in [0.29, 0.717) is 21.9 Å². The molecular formula is C19H18N4O5S4. The summed E-state index contributed by atoms with van der Waals surface area (Å²) in [6.07, 6.45) is 1.61. The number of amides is 2. The lowest BCUT2D eigenvalue weighted by molar-refractivity contribution is -0.150. The number of carboxylic acids is 1. The van der Waals surface area contributed by atoms with Crippen LogP contribution in [-0.4, -0.2) is 60.8 Å². The van der Waals surface area contributed by atoms with E-state index in [2.05, 4.69) is 10.3 Å². The van der Waals surface area contributed by atoms with E-state index < -0.39 is 35.2 Å². The maximum absolute atomic E-state index is 12.7. The summed E-state index contributed by atoms with van der Waals surface area (Å²) in [6.45, 7) is 1.85. The van der Waals surface area contributed by atoms with Crippen LogP contribution in [0.1, 0.15) is 26.3 Å². The molecule has 168 valence electrons. The second kappa shape index (κ2) is 9.35. The average Bonchev–Trinajstić information content (AvgIpc) is 3.46. The Balaban J connectivity index is 1.44. The van der Waals surface area contributed by atoms with Crippen molar-refractivity contribution < 1.29 is 24.3 Å². The number of carbonyl (C=O) groups excluding carboxylic acids is 3. The molecule has 2 aromatic heterocycles. The maximum Gasteiger partial charge on any atom is 0.352 e. The maximum atomic E-state index is 12.7. The summed E-state index contributed by atoms with van der Waals surface area (Å²) < 4.78 is 0. The number of nitrogens with two attached hydrogens (primary N) is 1. The molecule has 0 radical (unpaired) electrons. The molecule has 0 aromatic carbocycles.